The normalized spacial score (nSPS) is 15.1. The van der Waals surface area contributed by atoms with Crippen LogP contribution >= 0.6 is 0 Å². The molecule has 0 bridgehead atoms. The van der Waals surface area contributed by atoms with E-state index in [-0.39, 0.29) is 0 Å². The van der Waals surface area contributed by atoms with Crippen molar-refractivity contribution in [3.63, 3.8) is 0 Å². The Hall–Kier alpha value is -1.29. The van der Waals surface area contributed by atoms with Crippen LogP contribution < -0.4 is 0 Å². The van der Waals surface area contributed by atoms with Crippen molar-refractivity contribution in [3.8, 4) is 0 Å². The smallest absolute Gasteiger partial charge is 0.0999 e. The maximum Gasteiger partial charge on any atom is 0.307 e. The molecule has 0 fully saturated rings. The summed E-state index contributed by atoms with van der Waals surface area (Å²) in [5.41, 5.74) is 4.52. The van der Waals surface area contributed by atoms with E-state index in [1.807, 2.05) is 0 Å². The molecule has 1 aliphatic heterocycles. The van der Waals surface area contributed by atoms with Crippen LogP contribution in [0.15, 0.2) is 60.7 Å². The predicted molar refractivity (Wildman–Crippen MR) is 85.4 cm³/mol. The molecule has 0 atom stereocenters. The van der Waals surface area contributed by atoms with Crippen LogP contribution in [0.25, 0.3) is 10.0 Å². The van der Waals surface area contributed by atoms with E-state index >= 15 is 0 Å². The second-order valence-electron chi connectivity index (χ2n) is 5.27. The minimum absolute atomic E-state index is 0.750. The fourth-order valence-electron chi connectivity index (χ4n) is 3.22. The molecule has 19 heavy (non-hydrogen) atoms. The Labute approximate surface area is 120 Å². The van der Waals surface area contributed by atoms with Crippen molar-refractivity contribution in [2.45, 2.75) is 23.9 Å². The van der Waals surface area contributed by atoms with Gasteiger partial charge in [-0.2, -0.15) is 0 Å². The summed E-state index contributed by atoms with van der Waals surface area (Å²) in [5.74, 6) is 0. The van der Waals surface area contributed by atoms with Crippen molar-refractivity contribution < 1.29 is 0 Å². The van der Waals surface area contributed by atoms with Gasteiger partial charge in [0.05, 0.1) is 0 Å². The summed E-state index contributed by atoms with van der Waals surface area (Å²) in [7, 11) is 0. The highest BCUT2D eigenvalue weighted by Gasteiger charge is 2.30. The van der Waals surface area contributed by atoms with E-state index in [9.17, 15) is 0 Å². The van der Waals surface area contributed by atoms with E-state index in [0.717, 1.165) is 0 Å². The van der Waals surface area contributed by atoms with Crippen LogP contribution in [-0.2, 0) is 0 Å². The van der Waals surface area contributed by atoms with Crippen molar-refractivity contribution >= 4 is 24.2 Å². The maximum absolute atomic E-state index is 2.37. The molecule has 2 aromatic rings. The third kappa shape index (κ3) is 2.54. The Morgan fingerprint density at radius 3 is 2.00 bits per heavy atom. The SMILES string of the molecule is C[CH2][Al]1[CH2]CC(c2ccccc2)=[C]1c1ccccc1. The number of allylic oxidation sites excluding steroid dienone is 1. The van der Waals surface area contributed by atoms with Gasteiger partial charge in [-0.3, -0.25) is 0 Å². The lowest BCUT2D eigenvalue weighted by Crippen LogP contribution is -2.09. The van der Waals surface area contributed by atoms with Crippen LogP contribution in [0.1, 0.15) is 24.5 Å². The average molecular weight is 262 g/mol. The van der Waals surface area contributed by atoms with Crippen LogP contribution in [-0.4, -0.2) is 14.1 Å². The lowest BCUT2D eigenvalue weighted by molar-refractivity contribution is 1.22. The monoisotopic (exact) mass is 262 g/mol. The van der Waals surface area contributed by atoms with Crippen LogP contribution in [0.4, 0.5) is 0 Å². The molecule has 1 heteroatoms. The van der Waals surface area contributed by atoms with Crippen LogP contribution in [0, 0.1) is 0 Å². The molecule has 0 nitrogen and oxygen atoms in total. The Bertz CT molecular complexity index is 569. The summed E-state index contributed by atoms with van der Waals surface area (Å²) in [6.07, 6.45) is 1.28. The van der Waals surface area contributed by atoms with Crippen LogP contribution in [0.2, 0.25) is 10.6 Å². The van der Waals surface area contributed by atoms with Gasteiger partial charge in [0.25, 0.3) is 0 Å². The molecule has 0 saturated heterocycles. The summed E-state index contributed by atoms with van der Waals surface area (Å²) in [6, 6.07) is 22.0. The molecule has 0 unspecified atom stereocenters. The van der Waals surface area contributed by atoms with Gasteiger partial charge in [-0.1, -0.05) is 88.2 Å². The maximum atomic E-state index is 2.37. The molecule has 0 spiro atoms. The first kappa shape index (κ1) is 12.7. The lowest BCUT2D eigenvalue weighted by atomic mass is 10.0. The molecule has 0 radical (unpaired) electrons. The van der Waals surface area contributed by atoms with Crippen LogP contribution in [0.3, 0.4) is 0 Å². The first-order chi connectivity index (χ1) is 9.40. The van der Waals surface area contributed by atoms with Crippen molar-refractivity contribution in [1.82, 2.24) is 0 Å². The first-order valence-electron chi connectivity index (χ1n) is 7.24. The highest BCUT2D eigenvalue weighted by Crippen LogP contribution is 2.40. The van der Waals surface area contributed by atoms with Gasteiger partial charge in [0.15, 0.2) is 0 Å². The third-order valence-electron chi connectivity index (χ3n) is 4.18. The van der Waals surface area contributed by atoms with E-state index in [2.05, 4.69) is 67.6 Å². The fourth-order valence-corrected chi connectivity index (χ4v) is 6.43. The number of rotatable bonds is 3. The Morgan fingerprint density at radius 1 is 0.842 bits per heavy atom. The zero-order chi connectivity index (χ0) is 13.1. The molecule has 1 aliphatic rings. The van der Waals surface area contributed by atoms with Gasteiger partial charge >= 0.3 is 14.1 Å². The Balaban J connectivity index is 2.12. The second-order valence-corrected chi connectivity index (χ2v) is 8.63. The molecule has 3 rings (SSSR count). The second kappa shape index (κ2) is 5.78. The van der Waals surface area contributed by atoms with E-state index in [1.165, 1.54) is 28.1 Å². The van der Waals surface area contributed by atoms with Gasteiger partial charge in [-0.05, 0) is 17.5 Å². The third-order valence-corrected chi connectivity index (χ3v) is 7.65. The van der Waals surface area contributed by atoms with E-state index in [1.54, 1.807) is 10.0 Å². The number of hydrogen-bond donors (Lipinski definition) is 0. The molecule has 1 heterocycles. The summed E-state index contributed by atoms with van der Waals surface area (Å²) in [5, 5.41) is 2.81. The van der Waals surface area contributed by atoms with Crippen molar-refractivity contribution in [3.05, 3.63) is 71.8 Å². The quantitative estimate of drug-likeness (QED) is 0.679. The summed E-state index contributed by atoms with van der Waals surface area (Å²) in [6.45, 7) is 2.37. The predicted octanol–water partition coefficient (Wildman–Crippen LogP) is 5.06. The van der Waals surface area contributed by atoms with Gasteiger partial charge < -0.3 is 0 Å². The van der Waals surface area contributed by atoms with Gasteiger partial charge in [-0.15, -0.1) is 0 Å². The largest absolute Gasteiger partial charge is 0.307 e. The van der Waals surface area contributed by atoms with Crippen molar-refractivity contribution in [1.29, 1.82) is 0 Å². The minimum Gasteiger partial charge on any atom is -0.0999 e. The molecule has 0 amide bonds. The zero-order valence-corrected chi connectivity index (χ0v) is 12.6. The van der Waals surface area contributed by atoms with E-state index in [0.29, 0.717) is 0 Å². The molecular weight excluding hydrogens is 243 g/mol. The summed E-state index contributed by atoms with van der Waals surface area (Å²) in [4.78, 5) is 0. The highest BCUT2D eigenvalue weighted by atomic mass is 27.2. The van der Waals surface area contributed by atoms with Gasteiger partial charge in [0.2, 0.25) is 0 Å². The van der Waals surface area contributed by atoms with E-state index in [4.69, 9.17) is 0 Å². The Kier molecular flexibility index (Phi) is 3.87. The van der Waals surface area contributed by atoms with Crippen molar-refractivity contribution in [2.24, 2.45) is 0 Å². The number of benzene rings is 2. The van der Waals surface area contributed by atoms with Gasteiger partial charge in [0.1, 0.15) is 0 Å². The van der Waals surface area contributed by atoms with E-state index < -0.39 is 14.1 Å². The molecular formula is C18H19Al. The minimum atomic E-state index is -0.750. The molecule has 0 aromatic heterocycles. The Morgan fingerprint density at radius 2 is 1.42 bits per heavy atom. The first-order valence-corrected chi connectivity index (χ1v) is 9.45. The fraction of sp³-hybridized carbons (Fsp3) is 0.222. The topological polar surface area (TPSA) is 0 Å². The molecule has 2 aromatic carbocycles. The highest BCUT2D eigenvalue weighted by molar-refractivity contribution is 6.82. The number of hydrogen-bond acceptors (Lipinski definition) is 0. The summed E-state index contributed by atoms with van der Waals surface area (Å²) < 4.78 is 1.72. The van der Waals surface area contributed by atoms with Crippen molar-refractivity contribution in [2.75, 3.05) is 0 Å². The average Bonchev–Trinajstić information content (AvgIpc) is 2.93. The van der Waals surface area contributed by atoms with Gasteiger partial charge in [0, 0.05) is 0 Å². The molecule has 94 valence electrons. The molecule has 0 N–H and O–H groups in total. The summed E-state index contributed by atoms with van der Waals surface area (Å²) >= 11 is -0.750. The molecule has 0 aliphatic carbocycles. The molecule has 0 saturated carbocycles. The van der Waals surface area contributed by atoms with Crippen LogP contribution in [0.5, 0.6) is 0 Å². The lowest BCUT2D eigenvalue weighted by Gasteiger charge is -2.12. The van der Waals surface area contributed by atoms with Gasteiger partial charge in [-0.25, -0.2) is 0 Å². The standard InChI is InChI=1S/C16H14.C2H5.Al/c1-2-15(16-11-7-4-8-12-16)13-14-9-5-3-6-10-14;1-2;/h3-12H,1-2H2;1H2,2H3;. The zero-order valence-electron chi connectivity index (χ0n) is 11.5.